The fourth-order valence-corrected chi connectivity index (χ4v) is 2.49. The van der Waals surface area contributed by atoms with Crippen LogP contribution >= 0.6 is 0 Å². The molecule has 0 amide bonds. The highest BCUT2D eigenvalue weighted by Gasteiger charge is 2.56. The van der Waals surface area contributed by atoms with Crippen molar-refractivity contribution in [1.29, 1.82) is 0 Å². The molecule has 0 aromatic carbocycles. The largest absolute Gasteiger partial charge is 0.389 e. The SMILES string of the molecule is C#CCC1(C)[C@](C)(O)CCC[C@@]1(C)O. The summed E-state index contributed by atoms with van der Waals surface area (Å²) in [5, 5.41) is 20.6. The zero-order valence-corrected chi connectivity index (χ0v) is 9.30. The zero-order valence-electron chi connectivity index (χ0n) is 9.30. The second kappa shape index (κ2) is 3.25. The molecule has 1 rings (SSSR count). The van der Waals surface area contributed by atoms with Gasteiger partial charge in [-0.05, 0) is 33.1 Å². The van der Waals surface area contributed by atoms with E-state index in [1.165, 1.54) is 0 Å². The predicted octanol–water partition coefficient (Wildman–Crippen LogP) is 1.70. The molecule has 0 unspecified atom stereocenters. The first-order valence-electron chi connectivity index (χ1n) is 5.15. The van der Waals surface area contributed by atoms with Crippen LogP contribution in [0.3, 0.4) is 0 Å². The highest BCUT2D eigenvalue weighted by atomic mass is 16.3. The molecule has 1 fully saturated rings. The van der Waals surface area contributed by atoms with E-state index in [0.29, 0.717) is 19.3 Å². The first kappa shape index (κ1) is 11.6. The monoisotopic (exact) mass is 196 g/mol. The minimum absolute atomic E-state index is 0.410. The maximum absolute atomic E-state index is 10.3. The summed E-state index contributed by atoms with van der Waals surface area (Å²) in [6, 6.07) is 0. The van der Waals surface area contributed by atoms with Crippen LogP contribution in [0.1, 0.15) is 46.5 Å². The van der Waals surface area contributed by atoms with Crippen molar-refractivity contribution >= 4 is 0 Å². The molecule has 2 atom stereocenters. The minimum Gasteiger partial charge on any atom is -0.389 e. The van der Waals surface area contributed by atoms with Crippen molar-refractivity contribution < 1.29 is 10.2 Å². The lowest BCUT2D eigenvalue weighted by atomic mass is 9.56. The Morgan fingerprint density at radius 1 is 1.14 bits per heavy atom. The van der Waals surface area contributed by atoms with Crippen LogP contribution in [0.25, 0.3) is 0 Å². The van der Waals surface area contributed by atoms with Gasteiger partial charge in [-0.25, -0.2) is 0 Å². The first-order valence-corrected chi connectivity index (χ1v) is 5.15. The molecule has 0 spiro atoms. The van der Waals surface area contributed by atoms with Crippen molar-refractivity contribution in [3.05, 3.63) is 0 Å². The van der Waals surface area contributed by atoms with Gasteiger partial charge < -0.3 is 10.2 Å². The minimum atomic E-state index is -0.874. The topological polar surface area (TPSA) is 40.5 Å². The average molecular weight is 196 g/mol. The smallest absolute Gasteiger partial charge is 0.0709 e. The van der Waals surface area contributed by atoms with Gasteiger partial charge >= 0.3 is 0 Å². The number of aliphatic hydroxyl groups is 2. The molecule has 2 nitrogen and oxygen atoms in total. The van der Waals surface area contributed by atoms with Gasteiger partial charge in [-0.15, -0.1) is 12.3 Å². The summed E-state index contributed by atoms with van der Waals surface area (Å²) in [4.78, 5) is 0. The third-order valence-electron chi connectivity index (χ3n) is 4.16. The summed E-state index contributed by atoms with van der Waals surface area (Å²) in [6.07, 6.45) is 7.99. The van der Waals surface area contributed by atoms with Gasteiger partial charge in [-0.1, -0.05) is 6.92 Å². The molecular formula is C12H20O2. The normalized spacial score (nSPS) is 41.7. The zero-order chi connectivity index (χ0) is 11.0. The Hall–Kier alpha value is -0.520. The standard InChI is InChI=1S/C12H20O2/c1-5-7-10(2)11(3,13)8-6-9-12(10,4)14/h1,13-14H,6-9H2,2-4H3/t11-,12-/m1/s1. The van der Waals surface area contributed by atoms with E-state index >= 15 is 0 Å². The summed E-state index contributed by atoms with van der Waals surface area (Å²) in [7, 11) is 0. The molecule has 80 valence electrons. The molecule has 0 bridgehead atoms. The van der Waals surface area contributed by atoms with E-state index in [9.17, 15) is 10.2 Å². The van der Waals surface area contributed by atoms with Crippen LogP contribution in [0, 0.1) is 17.8 Å². The molecule has 1 aliphatic carbocycles. The van der Waals surface area contributed by atoms with Crippen molar-refractivity contribution in [3.63, 3.8) is 0 Å². The predicted molar refractivity (Wildman–Crippen MR) is 56.7 cm³/mol. The van der Waals surface area contributed by atoms with Gasteiger partial charge in [0.2, 0.25) is 0 Å². The molecule has 0 aromatic rings. The second-order valence-electron chi connectivity index (χ2n) is 5.11. The van der Waals surface area contributed by atoms with Gasteiger partial charge in [0.15, 0.2) is 0 Å². The molecule has 2 N–H and O–H groups in total. The maximum atomic E-state index is 10.3. The van der Waals surface area contributed by atoms with Crippen molar-refractivity contribution in [3.8, 4) is 12.3 Å². The van der Waals surface area contributed by atoms with E-state index in [0.717, 1.165) is 6.42 Å². The quantitative estimate of drug-likeness (QED) is 0.627. The Kier molecular flexibility index (Phi) is 2.69. The van der Waals surface area contributed by atoms with Crippen molar-refractivity contribution in [2.45, 2.75) is 57.7 Å². The second-order valence-corrected chi connectivity index (χ2v) is 5.11. The molecule has 0 heterocycles. The lowest BCUT2D eigenvalue weighted by Crippen LogP contribution is -2.60. The van der Waals surface area contributed by atoms with Crippen LogP contribution in [-0.4, -0.2) is 21.4 Å². The van der Waals surface area contributed by atoms with Crippen LogP contribution < -0.4 is 0 Å². The highest BCUT2D eigenvalue weighted by Crippen LogP contribution is 2.52. The van der Waals surface area contributed by atoms with Crippen molar-refractivity contribution in [2.24, 2.45) is 5.41 Å². The maximum Gasteiger partial charge on any atom is 0.0709 e. The molecule has 0 radical (unpaired) electrons. The summed E-state index contributed by atoms with van der Waals surface area (Å²) in [5.74, 6) is 2.57. The molecular weight excluding hydrogens is 176 g/mol. The van der Waals surface area contributed by atoms with E-state index in [-0.39, 0.29) is 0 Å². The molecule has 0 aliphatic heterocycles. The van der Waals surface area contributed by atoms with E-state index in [1.807, 2.05) is 6.92 Å². The Labute approximate surface area is 86.3 Å². The Bertz CT molecular complexity index is 242. The molecule has 14 heavy (non-hydrogen) atoms. The van der Waals surface area contributed by atoms with E-state index in [2.05, 4.69) is 5.92 Å². The molecule has 1 saturated carbocycles. The Balaban J connectivity index is 3.09. The summed E-state index contributed by atoms with van der Waals surface area (Å²) in [6.45, 7) is 5.43. The van der Waals surface area contributed by atoms with Crippen LogP contribution in [0.4, 0.5) is 0 Å². The fourth-order valence-electron chi connectivity index (χ4n) is 2.49. The number of rotatable bonds is 1. The summed E-state index contributed by atoms with van der Waals surface area (Å²) >= 11 is 0. The van der Waals surface area contributed by atoms with Crippen molar-refractivity contribution in [2.75, 3.05) is 0 Å². The fraction of sp³-hybridized carbons (Fsp3) is 0.833. The number of hydrogen-bond donors (Lipinski definition) is 2. The van der Waals surface area contributed by atoms with Crippen LogP contribution in [0.2, 0.25) is 0 Å². The summed E-state index contributed by atoms with van der Waals surface area (Å²) in [5.41, 5.74) is -2.35. The van der Waals surface area contributed by atoms with Crippen LogP contribution in [-0.2, 0) is 0 Å². The lowest BCUT2D eigenvalue weighted by molar-refractivity contribution is -0.199. The Morgan fingerprint density at radius 2 is 1.57 bits per heavy atom. The molecule has 0 saturated heterocycles. The number of terminal acetylenes is 1. The molecule has 1 aliphatic rings. The van der Waals surface area contributed by atoms with E-state index in [4.69, 9.17) is 6.42 Å². The Morgan fingerprint density at radius 3 is 1.93 bits per heavy atom. The van der Waals surface area contributed by atoms with Gasteiger partial charge in [0.25, 0.3) is 0 Å². The first-order chi connectivity index (χ1) is 6.27. The van der Waals surface area contributed by atoms with Gasteiger partial charge in [-0.2, -0.15) is 0 Å². The highest BCUT2D eigenvalue weighted by molar-refractivity contribution is 5.12. The van der Waals surface area contributed by atoms with E-state index in [1.54, 1.807) is 13.8 Å². The summed E-state index contributed by atoms with van der Waals surface area (Å²) < 4.78 is 0. The lowest BCUT2D eigenvalue weighted by Gasteiger charge is -2.54. The van der Waals surface area contributed by atoms with Gasteiger partial charge in [0.1, 0.15) is 0 Å². The third-order valence-corrected chi connectivity index (χ3v) is 4.16. The van der Waals surface area contributed by atoms with Crippen LogP contribution in [0.15, 0.2) is 0 Å². The molecule has 2 heteroatoms. The van der Waals surface area contributed by atoms with Gasteiger partial charge in [0.05, 0.1) is 11.2 Å². The van der Waals surface area contributed by atoms with Crippen molar-refractivity contribution in [1.82, 2.24) is 0 Å². The third kappa shape index (κ3) is 1.45. The van der Waals surface area contributed by atoms with Crippen LogP contribution in [0.5, 0.6) is 0 Å². The average Bonchev–Trinajstić information content (AvgIpc) is 2.01. The van der Waals surface area contributed by atoms with Gasteiger partial charge in [0, 0.05) is 11.8 Å². The van der Waals surface area contributed by atoms with E-state index < -0.39 is 16.6 Å². The molecule has 0 aromatic heterocycles. The number of hydrogen-bond acceptors (Lipinski definition) is 2. The van der Waals surface area contributed by atoms with Gasteiger partial charge in [-0.3, -0.25) is 0 Å².